The van der Waals surface area contributed by atoms with Crippen LogP contribution in [0.25, 0.3) is 5.57 Å². The van der Waals surface area contributed by atoms with Crippen LogP contribution in [0.15, 0.2) is 47.6 Å². The lowest BCUT2D eigenvalue weighted by atomic mass is 9.88. The van der Waals surface area contributed by atoms with Crippen LogP contribution < -0.4 is 19.8 Å². The molecule has 0 aliphatic carbocycles. The summed E-state index contributed by atoms with van der Waals surface area (Å²) >= 11 is 0. The Morgan fingerprint density at radius 3 is 2.62 bits per heavy atom. The molecule has 0 fully saturated rings. The van der Waals surface area contributed by atoms with E-state index >= 15 is 0 Å². The number of fused-ring (bicyclic) bond motifs is 1. The summed E-state index contributed by atoms with van der Waals surface area (Å²) in [6.45, 7) is 6.45. The minimum Gasteiger partial charge on any atom is -0.497 e. The van der Waals surface area contributed by atoms with E-state index in [2.05, 4.69) is 49.3 Å². The molecule has 152 valence electrons. The molecule has 29 heavy (non-hydrogen) atoms. The Bertz CT molecular complexity index is 993. The fourth-order valence-corrected chi connectivity index (χ4v) is 3.46. The molecule has 1 aliphatic rings. The molecule has 1 amide bonds. The van der Waals surface area contributed by atoms with Gasteiger partial charge in [0, 0.05) is 35.5 Å². The average Bonchev–Trinajstić information content (AvgIpc) is 2.71. The molecule has 0 unspecified atom stereocenters. The molecule has 2 aromatic rings. The zero-order valence-corrected chi connectivity index (χ0v) is 17.7. The Kier molecular flexibility index (Phi) is 5.64. The Hall–Kier alpha value is -3.28. The van der Waals surface area contributed by atoms with E-state index in [0.717, 1.165) is 16.8 Å². The van der Waals surface area contributed by atoms with Crippen molar-refractivity contribution in [3.8, 4) is 11.5 Å². The first-order valence-corrected chi connectivity index (χ1v) is 9.40. The van der Waals surface area contributed by atoms with E-state index in [9.17, 15) is 4.79 Å². The third-order valence-corrected chi connectivity index (χ3v) is 5.27. The third-order valence-electron chi connectivity index (χ3n) is 5.27. The predicted octanol–water partition coefficient (Wildman–Crippen LogP) is 4.10. The fourth-order valence-electron chi connectivity index (χ4n) is 3.46. The van der Waals surface area contributed by atoms with Crippen LogP contribution in [-0.4, -0.2) is 38.9 Å². The van der Waals surface area contributed by atoms with Crippen molar-refractivity contribution in [1.29, 1.82) is 0 Å². The van der Waals surface area contributed by atoms with Gasteiger partial charge in [0.15, 0.2) is 0 Å². The summed E-state index contributed by atoms with van der Waals surface area (Å²) in [7, 11) is 5.26. The van der Waals surface area contributed by atoms with Crippen molar-refractivity contribution in [2.24, 2.45) is 5.10 Å². The maximum atomic E-state index is 12.3. The van der Waals surface area contributed by atoms with Crippen molar-refractivity contribution in [3.05, 3.63) is 59.2 Å². The van der Waals surface area contributed by atoms with Gasteiger partial charge in [-0.25, -0.2) is 5.43 Å². The Morgan fingerprint density at radius 2 is 1.93 bits per heavy atom. The topological polar surface area (TPSA) is 63.2 Å². The molecule has 1 N–H and O–H groups in total. The molecule has 2 aromatic carbocycles. The molecule has 0 spiro atoms. The number of likely N-dealkylation sites (N-methyl/N-ethyl adjacent to an activating group) is 1. The number of benzene rings is 2. The van der Waals surface area contributed by atoms with Gasteiger partial charge >= 0.3 is 0 Å². The van der Waals surface area contributed by atoms with E-state index < -0.39 is 0 Å². The summed E-state index contributed by atoms with van der Waals surface area (Å²) in [4.78, 5) is 14.6. The molecule has 0 aromatic heterocycles. The minimum absolute atomic E-state index is 0.0809. The van der Waals surface area contributed by atoms with E-state index in [0.29, 0.717) is 17.1 Å². The number of carbonyl (C=O) groups excluding carboxylic acids is 1. The van der Waals surface area contributed by atoms with Crippen molar-refractivity contribution in [2.75, 3.05) is 26.2 Å². The van der Waals surface area contributed by atoms with Gasteiger partial charge in [0.05, 0.1) is 26.0 Å². The van der Waals surface area contributed by atoms with Crippen LogP contribution in [0.5, 0.6) is 11.5 Å². The quantitative estimate of drug-likeness (QED) is 0.614. The first kappa shape index (κ1) is 20.5. The molecule has 0 atom stereocenters. The summed E-state index contributed by atoms with van der Waals surface area (Å²) in [6, 6.07) is 11.0. The molecule has 1 aliphatic heterocycles. The van der Waals surface area contributed by atoms with Gasteiger partial charge in [-0.1, -0.05) is 12.1 Å². The molecular formula is C23H27N3O3. The normalized spacial score (nSPS) is 15.0. The number of carbonyl (C=O) groups is 1. The maximum Gasteiger partial charge on any atom is 0.271 e. The molecular weight excluding hydrogens is 366 g/mol. The number of allylic oxidation sites excluding steroid dienone is 1. The van der Waals surface area contributed by atoms with E-state index in [1.807, 2.05) is 12.1 Å². The van der Waals surface area contributed by atoms with Crippen molar-refractivity contribution < 1.29 is 14.3 Å². The van der Waals surface area contributed by atoms with Crippen LogP contribution in [0.2, 0.25) is 0 Å². The van der Waals surface area contributed by atoms with E-state index in [-0.39, 0.29) is 11.4 Å². The molecule has 0 bridgehead atoms. The van der Waals surface area contributed by atoms with Crippen molar-refractivity contribution >= 4 is 23.4 Å². The third kappa shape index (κ3) is 4.11. The van der Waals surface area contributed by atoms with Gasteiger partial charge in [-0.3, -0.25) is 4.79 Å². The largest absolute Gasteiger partial charge is 0.497 e. The summed E-state index contributed by atoms with van der Waals surface area (Å²) in [5.41, 5.74) is 7.16. The lowest BCUT2D eigenvalue weighted by Crippen LogP contribution is -2.42. The molecule has 1 heterocycles. The van der Waals surface area contributed by atoms with E-state index in [4.69, 9.17) is 9.47 Å². The van der Waals surface area contributed by atoms with E-state index in [1.54, 1.807) is 44.7 Å². The maximum absolute atomic E-state index is 12.3. The number of methoxy groups -OCH3 is 2. The lowest BCUT2D eigenvalue weighted by molar-refractivity contribution is 0.0954. The van der Waals surface area contributed by atoms with Gasteiger partial charge in [0.2, 0.25) is 0 Å². The number of hydrogen-bond acceptors (Lipinski definition) is 5. The molecule has 6 heteroatoms. The first-order valence-electron chi connectivity index (χ1n) is 9.40. The van der Waals surface area contributed by atoms with Gasteiger partial charge in [0.25, 0.3) is 5.91 Å². The predicted molar refractivity (Wildman–Crippen MR) is 117 cm³/mol. The average molecular weight is 393 g/mol. The highest BCUT2D eigenvalue weighted by Crippen LogP contribution is 2.40. The number of amides is 1. The smallest absolute Gasteiger partial charge is 0.271 e. The van der Waals surface area contributed by atoms with Crippen LogP contribution in [0.3, 0.4) is 0 Å². The lowest BCUT2D eigenvalue weighted by Gasteiger charge is -2.40. The summed E-state index contributed by atoms with van der Waals surface area (Å²) in [6.07, 6.45) is 3.84. The number of anilines is 1. The number of nitrogens with zero attached hydrogens (tertiary/aromatic N) is 2. The van der Waals surface area contributed by atoms with Gasteiger partial charge < -0.3 is 14.4 Å². The number of hydrogen-bond donors (Lipinski definition) is 1. The second kappa shape index (κ2) is 7.99. The Labute approximate surface area is 171 Å². The molecule has 0 saturated heterocycles. The zero-order valence-electron chi connectivity index (χ0n) is 17.7. The van der Waals surface area contributed by atoms with Crippen molar-refractivity contribution in [3.63, 3.8) is 0 Å². The van der Waals surface area contributed by atoms with Gasteiger partial charge in [0.1, 0.15) is 11.5 Å². The van der Waals surface area contributed by atoms with E-state index in [1.165, 1.54) is 5.57 Å². The van der Waals surface area contributed by atoms with Crippen LogP contribution >= 0.6 is 0 Å². The highest BCUT2D eigenvalue weighted by atomic mass is 16.5. The monoisotopic (exact) mass is 393 g/mol. The first-order chi connectivity index (χ1) is 13.8. The number of hydrazone groups is 1. The molecule has 3 rings (SSSR count). The van der Waals surface area contributed by atoms with Gasteiger partial charge in [-0.05, 0) is 50.6 Å². The summed E-state index contributed by atoms with van der Waals surface area (Å²) < 4.78 is 10.7. The second-order valence-corrected chi connectivity index (χ2v) is 7.58. The fraction of sp³-hybridized carbons (Fsp3) is 0.304. The number of nitrogens with one attached hydrogen (secondary N) is 1. The van der Waals surface area contributed by atoms with Crippen LogP contribution in [0, 0.1) is 0 Å². The SMILES string of the molecule is COc1cccc(C(=O)N/N=C\c2cc3c(cc2OC)N(C)C(C)(C)C=C3C)c1. The highest BCUT2D eigenvalue weighted by Gasteiger charge is 2.29. The van der Waals surface area contributed by atoms with Gasteiger partial charge in [-0.15, -0.1) is 0 Å². The molecule has 0 saturated carbocycles. The minimum atomic E-state index is -0.311. The van der Waals surface area contributed by atoms with Crippen molar-refractivity contribution in [2.45, 2.75) is 26.3 Å². The van der Waals surface area contributed by atoms with Crippen LogP contribution in [0.4, 0.5) is 5.69 Å². The zero-order chi connectivity index (χ0) is 21.2. The number of rotatable bonds is 5. The second-order valence-electron chi connectivity index (χ2n) is 7.58. The Morgan fingerprint density at radius 1 is 1.17 bits per heavy atom. The standard InChI is InChI=1S/C23H27N3O3/c1-15-13-23(2,3)26(4)20-12-21(29-6)17(11-19(15)20)14-24-25-22(27)16-8-7-9-18(10-16)28-5/h7-14H,1-6H3,(H,25,27)/b24-14-. The van der Waals surface area contributed by atoms with Gasteiger partial charge in [-0.2, -0.15) is 5.10 Å². The number of ether oxygens (including phenoxy) is 2. The van der Waals surface area contributed by atoms with Crippen molar-refractivity contribution in [1.82, 2.24) is 5.43 Å². The summed E-state index contributed by atoms with van der Waals surface area (Å²) in [5, 5.41) is 4.13. The van der Waals surface area contributed by atoms with Crippen LogP contribution in [0.1, 0.15) is 42.3 Å². The Balaban J connectivity index is 1.86. The highest BCUT2D eigenvalue weighted by molar-refractivity contribution is 5.96. The molecule has 0 radical (unpaired) electrons. The molecule has 6 nitrogen and oxygen atoms in total. The summed E-state index contributed by atoms with van der Waals surface area (Å²) in [5.74, 6) is 1.00. The van der Waals surface area contributed by atoms with Crippen LogP contribution in [-0.2, 0) is 0 Å².